The van der Waals surface area contributed by atoms with E-state index in [1.165, 1.54) is 4.31 Å². The summed E-state index contributed by atoms with van der Waals surface area (Å²) in [6.45, 7) is 7.47. The molecule has 0 spiro atoms. The molecule has 2 heterocycles. The molecular weight excluding hydrogens is 278 g/mol. The van der Waals surface area contributed by atoms with Crippen molar-refractivity contribution in [1.82, 2.24) is 9.21 Å². The Morgan fingerprint density at radius 1 is 1.30 bits per heavy atom. The van der Waals surface area contributed by atoms with Gasteiger partial charge in [-0.1, -0.05) is 6.92 Å². The molecule has 7 heteroatoms. The molecule has 2 N–H and O–H groups in total. The molecule has 0 aromatic carbocycles. The molecule has 1 aromatic rings. The van der Waals surface area contributed by atoms with E-state index in [1.54, 1.807) is 0 Å². The van der Waals surface area contributed by atoms with Crippen LogP contribution in [-0.2, 0) is 10.2 Å². The van der Waals surface area contributed by atoms with Crippen molar-refractivity contribution in [1.29, 1.82) is 0 Å². The average Bonchev–Trinajstić information content (AvgIpc) is 2.82. The van der Waals surface area contributed by atoms with Crippen molar-refractivity contribution in [2.45, 2.75) is 26.2 Å². The molecule has 6 nitrogen and oxygen atoms in total. The molecular formula is C13H23N3O3S. The summed E-state index contributed by atoms with van der Waals surface area (Å²) in [5, 5.41) is 5.12. The van der Waals surface area contributed by atoms with E-state index in [2.05, 4.69) is 11.8 Å². The van der Waals surface area contributed by atoms with Crippen LogP contribution in [0.4, 0.5) is 0 Å². The highest BCUT2D eigenvalue weighted by atomic mass is 32.2. The zero-order chi connectivity index (χ0) is 14.8. The predicted octanol–water partition coefficient (Wildman–Crippen LogP) is 0.903. The third-order valence-corrected chi connectivity index (χ3v) is 4.90. The van der Waals surface area contributed by atoms with E-state index < -0.39 is 10.2 Å². The Morgan fingerprint density at radius 3 is 2.45 bits per heavy atom. The molecule has 1 aromatic heterocycles. The van der Waals surface area contributed by atoms with Gasteiger partial charge in [-0.15, -0.1) is 0 Å². The van der Waals surface area contributed by atoms with Crippen molar-refractivity contribution < 1.29 is 12.8 Å². The second-order valence-corrected chi connectivity index (χ2v) is 6.97. The highest BCUT2D eigenvalue weighted by Crippen LogP contribution is 2.21. The first-order chi connectivity index (χ1) is 9.36. The van der Waals surface area contributed by atoms with Crippen LogP contribution in [0.1, 0.15) is 30.8 Å². The van der Waals surface area contributed by atoms with E-state index in [1.807, 2.05) is 19.1 Å². The van der Waals surface area contributed by atoms with E-state index in [4.69, 9.17) is 9.56 Å². The van der Waals surface area contributed by atoms with E-state index in [9.17, 15) is 8.42 Å². The lowest BCUT2D eigenvalue weighted by Gasteiger charge is -2.33. The Morgan fingerprint density at radius 2 is 1.95 bits per heavy atom. The Hall–Kier alpha value is -0.890. The summed E-state index contributed by atoms with van der Waals surface area (Å²) < 4.78 is 29.4. The summed E-state index contributed by atoms with van der Waals surface area (Å²) >= 11 is 0. The standard InChI is InChI=1S/C13H23N3O3S/c1-11(13-4-3-12(2)19-13)5-6-15-7-9-16(10-8-15)20(14,17)18/h3-4,11H,5-10H2,1-2H3,(H2,14,17,18)/t11-/m0/s1. The van der Waals surface area contributed by atoms with Gasteiger partial charge in [0.15, 0.2) is 0 Å². The summed E-state index contributed by atoms with van der Waals surface area (Å²) in [6.07, 6.45) is 1.00. The molecule has 1 fully saturated rings. The monoisotopic (exact) mass is 301 g/mol. The first-order valence-corrected chi connectivity index (χ1v) is 8.43. The van der Waals surface area contributed by atoms with E-state index in [-0.39, 0.29) is 0 Å². The van der Waals surface area contributed by atoms with Gasteiger partial charge in [-0.2, -0.15) is 12.7 Å². The van der Waals surface area contributed by atoms with Gasteiger partial charge in [-0.25, -0.2) is 5.14 Å². The van der Waals surface area contributed by atoms with Crippen LogP contribution in [0.5, 0.6) is 0 Å². The van der Waals surface area contributed by atoms with Crippen molar-refractivity contribution in [3.8, 4) is 0 Å². The third-order valence-electron chi connectivity index (χ3n) is 3.82. The molecule has 2 rings (SSSR count). The van der Waals surface area contributed by atoms with Gasteiger partial charge >= 0.3 is 0 Å². The zero-order valence-corrected chi connectivity index (χ0v) is 12.9. The molecule has 1 saturated heterocycles. The summed E-state index contributed by atoms with van der Waals surface area (Å²) in [5.41, 5.74) is 0. The molecule has 1 aliphatic heterocycles. The van der Waals surface area contributed by atoms with Crippen molar-refractivity contribution in [2.24, 2.45) is 5.14 Å². The molecule has 0 aliphatic carbocycles. The third kappa shape index (κ3) is 4.05. The van der Waals surface area contributed by atoms with Crippen LogP contribution in [0.25, 0.3) is 0 Å². The molecule has 1 aliphatic rings. The maximum Gasteiger partial charge on any atom is 0.276 e. The normalized spacial score (nSPS) is 20.1. The fourth-order valence-electron chi connectivity index (χ4n) is 2.44. The van der Waals surface area contributed by atoms with Crippen LogP contribution in [-0.4, -0.2) is 50.3 Å². The molecule has 0 amide bonds. The lowest BCUT2D eigenvalue weighted by molar-refractivity contribution is 0.182. The Labute approximate surface area is 120 Å². The summed E-state index contributed by atoms with van der Waals surface area (Å²) in [7, 11) is -3.53. The summed E-state index contributed by atoms with van der Waals surface area (Å²) in [5.74, 6) is 2.33. The number of nitrogens with two attached hydrogens (primary N) is 1. The number of piperazine rings is 1. The van der Waals surface area contributed by atoms with Crippen LogP contribution in [0.3, 0.4) is 0 Å². The quantitative estimate of drug-likeness (QED) is 0.876. The van der Waals surface area contributed by atoms with Crippen LogP contribution < -0.4 is 5.14 Å². The van der Waals surface area contributed by atoms with E-state index >= 15 is 0 Å². The van der Waals surface area contributed by atoms with Crippen LogP contribution >= 0.6 is 0 Å². The van der Waals surface area contributed by atoms with Crippen molar-refractivity contribution >= 4 is 10.2 Å². The number of furan rings is 1. The first-order valence-electron chi connectivity index (χ1n) is 6.93. The second kappa shape index (κ2) is 6.26. The number of aryl methyl sites for hydroxylation is 1. The number of nitrogens with zero attached hydrogens (tertiary/aromatic N) is 2. The molecule has 0 unspecified atom stereocenters. The van der Waals surface area contributed by atoms with Crippen LogP contribution in [0, 0.1) is 6.92 Å². The molecule has 1 atom stereocenters. The van der Waals surface area contributed by atoms with E-state index in [0.717, 1.165) is 37.6 Å². The maximum atomic E-state index is 11.2. The van der Waals surface area contributed by atoms with Gasteiger partial charge < -0.3 is 9.32 Å². The molecule has 0 bridgehead atoms. The van der Waals surface area contributed by atoms with Gasteiger partial charge in [0.25, 0.3) is 10.2 Å². The average molecular weight is 301 g/mol. The number of rotatable bonds is 5. The SMILES string of the molecule is Cc1ccc([C@@H](C)CCN2CCN(S(N)(=O)=O)CC2)o1. The smallest absolute Gasteiger partial charge is 0.276 e. The van der Waals surface area contributed by atoms with Gasteiger partial charge in [0.1, 0.15) is 11.5 Å². The highest BCUT2D eigenvalue weighted by Gasteiger charge is 2.24. The Balaban J connectivity index is 1.76. The van der Waals surface area contributed by atoms with Crippen molar-refractivity contribution in [2.75, 3.05) is 32.7 Å². The topological polar surface area (TPSA) is 79.8 Å². The van der Waals surface area contributed by atoms with Gasteiger partial charge in [-0.3, -0.25) is 0 Å². The summed E-state index contributed by atoms with van der Waals surface area (Å²) in [4.78, 5) is 2.27. The fraction of sp³-hybridized carbons (Fsp3) is 0.692. The molecule has 0 saturated carbocycles. The Kier molecular flexibility index (Phi) is 4.85. The maximum absolute atomic E-state index is 11.2. The lowest BCUT2D eigenvalue weighted by atomic mass is 10.0. The van der Waals surface area contributed by atoms with Gasteiger partial charge in [0, 0.05) is 32.1 Å². The van der Waals surface area contributed by atoms with Crippen LogP contribution in [0.15, 0.2) is 16.5 Å². The van der Waals surface area contributed by atoms with Gasteiger partial charge in [-0.05, 0) is 32.0 Å². The van der Waals surface area contributed by atoms with Gasteiger partial charge in [0.05, 0.1) is 0 Å². The fourth-order valence-corrected chi connectivity index (χ4v) is 3.12. The second-order valence-electron chi connectivity index (χ2n) is 5.42. The minimum atomic E-state index is -3.53. The first kappa shape index (κ1) is 15.5. The van der Waals surface area contributed by atoms with Crippen LogP contribution in [0.2, 0.25) is 0 Å². The largest absolute Gasteiger partial charge is 0.466 e. The van der Waals surface area contributed by atoms with Crippen molar-refractivity contribution in [3.05, 3.63) is 23.7 Å². The summed E-state index contributed by atoms with van der Waals surface area (Å²) in [6, 6.07) is 4.01. The minimum Gasteiger partial charge on any atom is -0.466 e. The number of hydrogen-bond donors (Lipinski definition) is 1. The van der Waals surface area contributed by atoms with E-state index in [0.29, 0.717) is 19.0 Å². The zero-order valence-electron chi connectivity index (χ0n) is 12.1. The minimum absolute atomic E-state index is 0.375. The number of hydrogen-bond acceptors (Lipinski definition) is 4. The molecule has 0 radical (unpaired) electrons. The molecule has 114 valence electrons. The predicted molar refractivity (Wildman–Crippen MR) is 77.6 cm³/mol. The highest BCUT2D eigenvalue weighted by molar-refractivity contribution is 7.86. The molecule has 20 heavy (non-hydrogen) atoms. The van der Waals surface area contributed by atoms with Crippen molar-refractivity contribution in [3.63, 3.8) is 0 Å². The van der Waals surface area contributed by atoms with Gasteiger partial charge in [0.2, 0.25) is 0 Å². The lowest BCUT2D eigenvalue weighted by Crippen LogP contribution is -2.50. The Bertz CT molecular complexity index is 533.